The van der Waals surface area contributed by atoms with Crippen molar-refractivity contribution in [3.05, 3.63) is 36.0 Å². The van der Waals surface area contributed by atoms with Gasteiger partial charge in [-0.15, -0.1) is 0 Å². The van der Waals surface area contributed by atoms with Gasteiger partial charge in [-0.25, -0.2) is 4.79 Å². The van der Waals surface area contributed by atoms with Crippen molar-refractivity contribution in [2.45, 2.75) is 19.5 Å². The van der Waals surface area contributed by atoms with Crippen LogP contribution in [0.2, 0.25) is 0 Å². The number of carbonyl (C=O) groups is 1. The van der Waals surface area contributed by atoms with Crippen LogP contribution in [-0.2, 0) is 13.1 Å². The Kier molecular flexibility index (Phi) is 2.28. The maximum atomic E-state index is 11.3. The fourth-order valence-corrected chi connectivity index (χ4v) is 2.54. The van der Waals surface area contributed by atoms with Gasteiger partial charge in [-0.3, -0.25) is 0 Å². The van der Waals surface area contributed by atoms with Crippen LogP contribution in [-0.4, -0.2) is 22.0 Å². The number of hydrogen-bond acceptors (Lipinski definition) is 1. The SMILES string of the molecule is NC(=O)N1CCCn2c(cc3ccccc32)C1. The summed E-state index contributed by atoms with van der Waals surface area (Å²) in [5, 5.41) is 1.23. The van der Waals surface area contributed by atoms with Crippen molar-refractivity contribution in [2.75, 3.05) is 6.54 Å². The molecule has 88 valence electrons. The summed E-state index contributed by atoms with van der Waals surface area (Å²) in [6, 6.07) is 10.1. The molecule has 1 aliphatic rings. The maximum absolute atomic E-state index is 11.3. The molecule has 1 aromatic heterocycles. The van der Waals surface area contributed by atoms with Gasteiger partial charge in [0.25, 0.3) is 0 Å². The molecule has 4 heteroatoms. The van der Waals surface area contributed by atoms with E-state index in [1.54, 1.807) is 4.90 Å². The van der Waals surface area contributed by atoms with Crippen molar-refractivity contribution in [2.24, 2.45) is 5.73 Å². The van der Waals surface area contributed by atoms with Crippen molar-refractivity contribution in [1.29, 1.82) is 0 Å². The normalized spacial score (nSPS) is 15.6. The Morgan fingerprint density at radius 2 is 2.06 bits per heavy atom. The molecule has 0 radical (unpaired) electrons. The highest BCUT2D eigenvalue weighted by molar-refractivity contribution is 5.81. The Hall–Kier alpha value is -1.97. The molecule has 3 rings (SSSR count). The summed E-state index contributed by atoms with van der Waals surface area (Å²) < 4.78 is 2.29. The van der Waals surface area contributed by atoms with Gasteiger partial charge in [0.1, 0.15) is 0 Å². The highest BCUT2D eigenvalue weighted by Crippen LogP contribution is 2.23. The van der Waals surface area contributed by atoms with E-state index in [9.17, 15) is 4.79 Å². The van der Waals surface area contributed by atoms with E-state index in [1.165, 1.54) is 16.6 Å². The standard InChI is InChI=1S/C13H15N3O/c14-13(17)15-6-3-7-16-11(9-15)8-10-4-1-2-5-12(10)16/h1-2,4-5,8H,3,6-7,9H2,(H2,14,17). The Labute approximate surface area is 99.6 Å². The molecule has 0 fully saturated rings. The number of nitrogens with zero attached hydrogens (tertiary/aromatic N) is 2. The van der Waals surface area contributed by atoms with Crippen LogP contribution in [0.1, 0.15) is 12.1 Å². The summed E-state index contributed by atoms with van der Waals surface area (Å²) >= 11 is 0. The molecule has 0 saturated heterocycles. The average molecular weight is 229 g/mol. The molecule has 1 aliphatic heterocycles. The van der Waals surface area contributed by atoms with Gasteiger partial charge in [-0.1, -0.05) is 18.2 Å². The number of benzene rings is 1. The van der Waals surface area contributed by atoms with Crippen LogP contribution < -0.4 is 5.73 Å². The number of para-hydroxylation sites is 1. The molecule has 0 aliphatic carbocycles. The summed E-state index contributed by atoms with van der Waals surface area (Å²) in [5.41, 5.74) is 7.78. The van der Waals surface area contributed by atoms with Gasteiger partial charge in [0.15, 0.2) is 0 Å². The van der Waals surface area contributed by atoms with E-state index in [1.807, 2.05) is 12.1 Å². The number of primary amides is 1. The number of rotatable bonds is 0. The average Bonchev–Trinajstić information content (AvgIpc) is 2.53. The van der Waals surface area contributed by atoms with Crippen LogP contribution in [0.25, 0.3) is 10.9 Å². The number of nitrogens with two attached hydrogens (primary N) is 1. The van der Waals surface area contributed by atoms with E-state index in [0.717, 1.165) is 19.5 Å². The molecular weight excluding hydrogens is 214 g/mol. The molecular formula is C13H15N3O. The molecule has 0 bridgehead atoms. The summed E-state index contributed by atoms with van der Waals surface area (Å²) in [4.78, 5) is 13.0. The van der Waals surface area contributed by atoms with Crippen LogP contribution in [0.4, 0.5) is 4.79 Å². The largest absolute Gasteiger partial charge is 0.351 e. The van der Waals surface area contributed by atoms with Crippen LogP contribution in [0.15, 0.2) is 30.3 Å². The molecule has 0 saturated carbocycles. The molecule has 17 heavy (non-hydrogen) atoms. The number of urea groups is 1. The minimum atomic E-state index is -0.330. The summed E-state index contributed by atoms with van der Waals surface area (Å²) in [6.07, 6.45) is 0.953. The van der Waals surface area contributed by atoms with Crippen LogP contribution in [0.3, 0.4) is 0 Å². The van der Waals surface area contributed by atoms with E-state index in [2.05, 4.69) is 22.8 Å². The van der Waals surface area contributed by atoms with E-state index in [0.29, 0.717) is 6.54 Å². The zero-order valence-electron chi connectivity index (χ0n) is 9.60. The monoisotopic (exact) mass is 229 g/mol. The van der Waals surface area contributed by atoms with E-state index >= 15 is 0 Å². The Morgan fingerprint density at radius 3 is 2.88 bits per heavy atom. The zero-order valence-corrected chi connectivity index (χ0v) is 9.60. The van der Waals surface area contributed by atoms with E-state index < -0.39 is 0 Å². The quantitative estimate of drug-likeness (QED) is 0.737. The number of amides is 2. The topological polar surface area (TPSA) is 51.3 Å². The Morgan fingerprint density at radius 1 is 1.24 bits per heavy atom. The third-order valence-electron chi connectivity index (χ3n) is 3.37. The van der Waals surface area contributed by atoms with Gasteiger partial charge >= 0.3 is 6.03 Å². The van der Waals surface area contributed by atoms with E-state index in [-0.39, 0.29) is 6.03 Å². The van der Waals surface area contributed by atoms with Crippen LogP contribution in [0.5, 0.6) is 0 Å². The lowest BCUT2D eigenvalue weighted by molar-refractivity contribution is 0.206. The fourth-order valence-electron chi connectivity index (χ4n) is 2.54. The van der Waals surface area contributed by atoms with Gasteiger partial charge in [-0.05, 0) is 23.9 Å². The second-order valence-corrected chi connectivity index (χ2v) is 4.46. The minimum Gasteiger partial charge on any atom is -0.351 e. The number of carbonyl (C=O) groups excluding carboxylic acids is 1. The first-order valence-corrected chi connectivity index (χ1v) is 5.87. The lowest BCUT2D eigenvalue weighted by atomic mass is 10.2. The predicted octanol–water partition coefficient (Wildman–Crippen LogP) is 1.93. The Balaban J connectivity index is 2.09. The van der Waals surface area contributed by atoms with Gasteiger partial charge < -0.3 is 15.2 Å². The molecule has 0 unspecified atom stereocenters. The number of fused-ring (bicyclic) bond motifs is 3. The number of aromatic nitrogens is 1. The summed E-state index contributed by atoms with van der Waals surface area (Å²) in [7, 11) is 0. The maximum Gasteiger partial charge on any atom is 0.315 e. The first kappa shape index (κ1) is 10.2. The predicted molar refractivity (Wildman–Crippen MR) is 66.5 cm³/mol. The third kappa shape index (κ3) is 1.65. The second-order valence-electron chi connectivity index (χ2n) is 4.46. The number of hydrogen-bond donors (Lipinski definition) is 1. The van der Waals surface area contributed by atoms with Crippen molar-refractivity contribution in [1.82, 2.24) is 9.47 Å². The first-order valence-electron chi connectivity index (χ1n) is 5.87. The highest BCUT2D eigenvalue weighted by atomic mass is 16.2. The van der Waals surface area contributed by atoms with Crippen molar-refractivity contribution in [3.63, 3.8) is 0 Å². The van der Waals surface area contributed by atoms with Gasteiger partial charge in [-0.2, -0.15) is 0 Å². The van der Waals surface area contributed by atoms with E-state index in [4.69, 9.17) is 5.73 Å². The van der Waals surface area contributed by atoms with Gasteiger partial charge in [0.2, 0.25) is 0 Å². The lowest BCUT2D eigenvalue weighted by Crippen LogP contribution is -2.35. The molecule has 2 aromatic rings. The zero-order chi connectivity index (χ0) is 11.8. The summed E-state index contributed by atoms with van der Waals surface area (Å²) in [6.45, 7) is 2.31. The lowest BCUT2D eigenvalue weighted by Gasteiger charge is -2.16. The molecule has 0 atom stereocenters. The Bertz CT molecular complexity index is 573. The molecule has 2 N–H and O–H groups in total. The van der Waals surface area contributed by atoms with Crippen molar-refractivity contribution >= 4 is 16.9 Å². The molecule has 0 spiro atoms. The van der Waals surface area contributed by atoms with Crippen molar-refractivity contribution < 1.29 is 4.79 Å². The third-order valence-corrected chi connectivity index (χ3v) is 3.37. The number of aryl methyl sites for hydroxylation is 1. The van der Waals surface area contributed by atoms with Crippen LogP contribution in [0, 0.1) is 0 Å². The second kappa shape index (κ2) is 3.80. The van der Waals surface area contributed by atoms with Crippen LogP contribution >= 0.6 is 0 Å². The van der Waals surface area contributed by atoms with Crippen molar-refractivity contribution in [3.8, 4) is 0 Å². The van der Waals surface area contributed by atoms with Gasteiger partial charge in [0.05, 0.1) is 6.54 Å². The molecule has 4 nitrogen and oxygen atoms in total. The smallest absolute Gasteiger partial charge is 0.315 e. The van der Waals surface area contributed by atoms with Gasteiger partial charge in [0, 0.05) is 24.3 Å². The first-order chi connectivity index (χ1) is 8.25. The molecule has 2 heterocycles. The molecule has 2 amide bonds. The fraction of sp³-hybridized carbons (Fsp3) is 0.308. The molecule has 1 aromatic carbocycles. The summed E-state index contributed by atoms with van der Waals surface area (Å²) in [5.74, 6) is 0. The highest BCUT2D eigenvalue weighted by Gasteiger charge is 2.18. The minimum absolute atomic E-state index is 0.330.